The quantitative estimate of drug-likeness (QED) is 0.643. The molecule has 0 amide bonds. The van der Waals surface area contributed by atoms with Gasteiger partial charge in [0.15, 0.2) is 0 Å². The first kappa shape index (κ1) is 14.7. The number of aromatic nitrogens is 1. The largest absolute Gasteiger partial charge is 0.372 e. The molecule has 0 aliphatic carbocycles. The first-order valence-corrected chi connectivity index (χ1v) is 6.96. The minimum atomic E-state index is -0.464. The average Bonchev–Trinajstić information content (AvgIpc) is 2.41. The van der Waals surface area contributed by atoms with Crippen molar-refractivity contribution in [3.63, 3.8) is 0 Å². The Morgan fingerprint density at radius 1 is 1.35 bits per heavy atom. The van der Waals surface area contributed by atoms with E-state index < -0.39 is 4.92 Å². The molecule has 0 saturated carbocycles. The Balaban J connectivity index is 2.30. The summed E-state index contributed by atoms with van der Waals surface area (Å²) in [5, 5.41) is 14.8. The number of rotatable bonds is 4. The molecule has 104 valence electrons. The molecule has 1 unspecified atom stereocenters. The predicted molar refractivity (Wildman–Crippen MR) is 82.1 cm³/mol. The Morgan fingerprint density at radius 2 is 2.00 bits per heavy atom. The van der Waals surface area contributed by atoms with Crippen molar-refractivity contribution in [3.05, 3.63) is 61.8 Å². The number of nitro groups is 1. The van der Waals surface area contributed by atoms with Crippen LogP contribution in [0, 0.1) is 10.1 Å². The third-order valence-electron chi connectivity index (χ3n) is 2.81. The second kappa shape index (κ2) is 6.19. The van der Waals surface area contributed by atoms with Gasteiger partial charge in [0.1, 0.15) is 11.9 Å². The van der Waals surface area contributed by atoms with Crippen LogP contribution in [0.25, 0.3) is 0 Å². The maximum atomic E-state index is 11.0. The molecule has 5 nitrogen and oxygen atoms in total. The highest BCUT2D eigenvalue weighted by molar-refractivity contribution is 9.10. The molecule has 1 N–H and O–H groups in total. The van der Waals surface area contributed by atoms with E-state index in [1.165, 1.54) is 12.4 Å². The lowest BCUT2D eigenvalue weighted by molar-refractivity contribution is -0.384. The van der Waals surface area contributed by atoms with Gasteiger partial charge < -0.3 is 5.32 Å². The molecule has 0 bridgehead atoms. The third kappa shape index (κ3) is 3.26. The second-order valence-corrected chi connectivity index (χ2v) is 5.48. The van der Waals surface area contributed by atoms with Crippen LogP contribution in [0.4, 0.5) is 11.4 Å². The van der Waals surface area contributed by atoms with Crippen LogP contribution in [-0.4, -0.2) is 9.91 Å². The summed E-state index contributed by atoms with van der Waals surface area (Å²) >= 11 is 9.12. The van der Waals surface area contributed by atoms with Gasteiger partial charge in [-0.2, -0.15) is 0 Å². The lowest BCUT2D eigenvalue weighted by atomic mass is 10.1. The van der Waals surface area contributed by atoms with Gasteiger partial charge in [-0.25, -0.2) is 0 Å². The maximum absolute atomic E-state index is 11.0. The third-order valence-corrected chi connectivity index (χ3v) is 3.66. The maximum Gasteiger partial charge on any atom is 0.311 e. The molecule has 1 heterocycles. The molecule has 0 spiro atoms. The summed E-state index contributed by atoms with van der Waals surface area (Å²) in [6.45, 7) is 1.92. The average molecular weight is 357 g/mol. The van der Waals surface area contributed by atoms with Crippen LogP contribution < -0.4 is 5.32 Å². The Hall–Kier alpha value is -1.66. The molecule has 0 fully saturated rings. The molecule has 0 aliphatic rings. The van der Waals surface area contributed by atoms with Gasteiger partial charge in [-0.1, -0.05) is 23.7 Å². The fourth-order valence-corrected chi connectivity index (χ4v) is 2.32. The van der Waals surface area contributed by atoms with Gasteiger partial charge in [0.2, 0.25) is 0 Å². The Bertz CT molecular complexity index is 634. The van der Waals surface area contributed by atoms with Gasteiger partial charge in [0.05, 0.1) is 9.40 Å². The molecule has 2 aromatic rings. The van der Waals surface area contributed by atoms with Crippen molar-refractivity contribution >= 4 is 38.9 Å². The number of hydrogen-bond donors (Lipinski definition) is 1. The van der Waals surface area contributed by atoms with Gasteiger partial charge >= 0.3 is 5.69 Å². The van der Waals surface area contributed by atoms with E-state index in [-0.39, 0.29) is 11.7 Å². The summed E-state index contributed by atoms with van der Waals surface area (Å²) < 4.78 is 0.549. The van der Waals surface area contributed by atoms with E-state index in [0.29, 0.717) is 15.2 Å². The topological polar surface area (TPSA) is 68.1 Å². The fourth-order valence-electron chi connectivity index (χ4n) is 1.76. The van der Waals surface area contributed by atoms with Crippen molar-refractivity contribution in [2.75, 3.05) is 5.32 Å². The SMILES string of the molecule is CC(Nc1c(Br)cncc1[N+](=O)[O-])c1ccc(Cl)cc1. The highest BCUT2D eigenvalue weighted by Gasteiger charge is 2.19. The number of nitrogens with one attached hydrogen (secondary N) is 1. The van der Waals surface area contributed by atoms with Crippen LogP contribution >= 0.6 is 27.5 Å². The number of nitrogens with zero attached hydrogens (tertiary/aromatic N) is 2. The predicted octanol–water partition coefficient (Wildman–Crippen LogP) is 4.58. The first-order chi connectivity index (χ1) is 9.49. The molecule has 1 aromatic heterocycles. The number of halogens is 2. The monoisotopic (exact) mass is 355 g/mol. The summed E-state index contributed by atoms with van der Waals surface area (Å²) in [5.74, 6) is 0. The van der Waals surface area contributed by atoms with E-state index in [9.17, 15) is 10.1 Å². The van der Waals surface area contributed by atoms with Gasteiger partial charge in [-0.15, -0.1) is 0 Å². The Morgan fingerprint density at radius 3 is 2.60 bits per heavy atom. The highest BCUT2D eigenvalue weighted by Crippen LogP contribution is 2.34. The normalized spacial score (nSPS) is 11.9. The first-order valence-electron chi connectivity index (χ1n) is 5.79. The van der Waals surface area contributed by atoms with Crippen molar-refractivity contribution in [2.45, 2.75) is 13.0 Å². The molecule has 7 heteroatoms. The van der Waals surface area contributed by atoms with E-state index in [1.54, 1.807) is 12.1 Å². The molecule has 1 atom stereocenters. The van der Waals surface area contributed by atoms with E-state index >= 15 is 0 Å². The molecule has 2 rings (SSSR count). The van der Waals surface area contributed by atoms with Crippen LogP contribution in [0.5, 0.6) is 0 Å². The van der Waals surface area contributed by atoms with E-state index in [4.69, 9.17) is 11.6 Å². The van der Waals surface area contributed by atoms with Crippen LogP contribution in [0.15, 0.2) is 41.1 Å². The van der Waals surface area contributed by atoms with Gasteiger partial charge in [0.25, 0.3) is 0 Å². The number of benzene rings is 1. The van der Waals surface area contributed by atoms with Crippen molar-refractivity contribution < 1.29 is 4.92 Å². The molecule has 1 aromatic carbocycles. The minimum absolute atomic E-state index is 0.0693. The zero-order valence-corrected chi connectivity index (χ0v) is 12.9. The van der Waals surface area contributed by atoms with Crippen molar-refractivity contribution in [1.29, 1.82) is 0 Å². The van der Waals surface area contributed by atoms with E-state index in [0.717, 1.165) is 5.56 Å². The summed E-state index contributed by atoms with van der Waals surface area (Å²) in [6, 6.07) is 7.21. The van der Waals surface area contributed by atoms with Crippen LogP contribution in [0.1, 0.15) is 18.5 Å². The lowest BCUT2D eigenvalue weighted by Gasteiger charge is -2.16. The molecule has 20 heavy (non-hydrogen) atoms. The lowest BCUT2D eigenvalue weighted by Crippen LogP contribution is -2.09. The van der Waals surface area contributed by atoms with Gasteiger partial charge in [-0.3, -0.25) is 15.1 Å². The van der Waals surface area contributed by atoms with Crippen molar-refractivity contribution in [2.24, 2.45) is 0 Å². The zero-order valence-electron chi connectivity index (χ0n) is 10.5. The number of hydrogen-bond acceptors (Lipinski definition) is 4. The smallest absolute Gasteiger partial charge is 0.311 e. The number of anilines is 1. The molecular formula is C13H11BrClN3O2. The standard InChI is InChI=1S/C13H11BrClN3O2/c1-8(9-2-4-10(15)5-3-9)17-13-11(14)6-16-7-12(13)18(19)20/h2-8H,1H3,(H,16,17). The van der Waals surface area contributed by atoms with Crippen molar-refractivity contribution in [1.82, 2.24) is 4.98 Å². The molecular weight excluding hydrogens is 346 g/mol. The molecule has 0 saturated heterocycles. The minimum Gasteiger partial charge on any atom is -0.372 e. The van der Waals surface area contributed by atoms with E-state index in [1.807, 2.05) is 19.1 Å². The van der Waals surface area contributed by atoms with Gasteiger partial charge in [0, 0.05) is 17.3 Å². The molecule has 0 radical (unpaired) electrons. The summed E-state index contributed by atoms with van der Waals surface area (Å²) in [6.07, 6.45) is 2.74. The summed E-state index contributed by atoms with van der Waals surface area (Å²) in [7, 11) is 0. The Kier molecular flexibility index (Phi) is 4.57. The molecule has 0 aliphatic heterocycles. The van der Waals surface area contributed by atoms with Crippen molar-refractivity contribution in [3.8, 4) is 0 Å². The zero-order chi connectivity index (χ0) is 14.7. The number of pyridine rings is 1. The van der Waals surface area contributed by atoms with Crippen LogP contribution in [0.3, 0.4) is 0 Å². The fraction of sp³-hybridized carbons (Fsp3) is 0.154. The van der Waals surface area contributed by atoms with E-state index in [2.05, 4.69) is 26.2 Å². The van der Waals surface area contributed by atoms with Crippen LogP contribution in [-0.2, 0) is 0 Å². The summed E-state index contributed by atoms with van der Waals surface area (Å²) in [5.41, 5.74) is 1.32. The van der Waals surface area contributed by atoms with Crippen LogP contribution in [0.2, 0.25) is 5.02 Å². The van der Waals surface area contributed by atoms with Gasteiger partial charge in [-0.05, 0) is 40.5 Å². The Labute approximate surface area is 129 Å². The second-order valence-electron chi connectivity index (χ2n) is 4.19. The summed E-state index contributed by atoms with van der Waals surface area (Å²) in [4.78, 5) is 14.4. The highest BCUT2D eigenvalue weighted by atomic mass is 79.9.